The van der Waals surface area contributed by atoms with Crippen LogP contribution in [0.1, 0.15) is 189 Å². The number of nitrogens with one attached hydrogen (secondary N) is 22. The third-order valence-corrected chi connectivity index (χ3v) is 24.2. The Kier molecular flexibility index (Phi) is 56.8. The number of phenols is 1. The summed E-state index contributed by atoms with van der Waals surface area (Å²) >= 11 is 1.27. The van der Waals surface area contributed by atoms with Crippen molar-refractivity contribution in [2.24, 2.45) is 57.9 Å². The second kappa shape index (κ2) is 66.2. The lowest BCUT2D eigenvalue weighted by Gasteiger charge is -2.30. The summed E-state index contributed by atoms with van der Waals surface area (Å²) < 4.78 is 0. The average molecular weight is 2130 g/mol. The largest absolute Gasteiger partial charge is 0.508 e. The van der Waals surface area contributed by atoms with Crippen LogP contribution in [-0.4, -0.2) is 332 Å². The number of primary amides is 4. The van der Waals surface area contributed by atoms with Gasteiger partial charge in [0.05, 0.1) is 44.8 Å². The van der Waals surface area contributed by atoms with E-state index in [0.29, 0.717) is 12.0 Å². The van der Waals surface area contributed by atoms with Gasteiger partial charge in [0.15, 0.2) is 11.9 Å². The summed E-state index contributed by atoms with van der Waals surface area (Å²) in [7, 11) is 0. The first-order valence-corrected chi connectivity index (χ1v) is 50.0. The molecule has 22 amide bonds. The number of aliphatic carboxylic acids is 1. The zero-order valence-electron chi connectivity index (χ0n) is 85.2. The van der Waals surface area contributed by atoms with Crippen molar-refractivity contribution in [1.82, 2.24) is 116 Å². The lowest BCUT2D eigenvalue weighted by molar-refractivity contribution is -0.146. The molecule has 830 valence electrons. The number of aromatic nitrogens is 2. The number of unbranched alkanes of at least 4 members (excludes halogenated alkanes) is 1. The average Bonchev–Trinajstić information content (AvgIpc) is 1.72. The van der Waals surface area contributed by atoms with Gasteiger partial charge in [-0.25, -0.2) is 4.98 Å². The number of aromatic amines is 1. The number of carbonyl (C=O) groups excluding carboxylic acids is 22. The van der Waals surface area contributed by atoms with E-state index in [1.165, 1.54) is 48.6 Å². The van der Waals surface area contributed by atoms with Crippen LogP contribution >= 0.6 is 11.8 Å². The Hall–Kier alpha value is -15.1. The number of phenolic OH excluding ortho intramolecular Hbond substituents is 1. The minimum atomic E-state index is -1.99. The van der Waals surface area contributed by atoms with E-state index >= 15 is 19.2 Å². The van der Waals surface area contributed by atoms with Crippen LogP contribution in [0.5, 0.6) is 5.75 Å². The van der Waals surface area contributed by atoms with E-state index in [1.807, 2.05) is 0 Å². The van der Waals surface area contributed by atoms with Gasteiger partial charge in [0, 0.05) is 57.7 Å². The normalized spacial score (nSPS) is 15.7. The van der Waals surface area contributed by atoms with E-state index in [0.717, 1.165) is 25.7 Å². The third kappa shape index (κ3) is 47.9. The summed E-state index contributed by atoms with van der Waals surface area (Å²) in [4.78, 5) is 323. The maximum atomic E-state index is 15.2. The number of guanidine groups is 2. The number of thioether (sulfide) groups is 1. The van der Waals surface area contributed by atoms with Gasteiger partial charge in [0.1, 0.15) is 102 Å². The molecule has 149 heavy (non-hydrogen) atoms. The molecule has 1 aliphatic rings. The standard InChI is InChI=1S/C91H149N31O26S/c1-11-45(5)71(86(145)114-53(18-13-14-29-92)78(137)116-58(34-44(3)4)75(134)105-42-69(130)109-61(37-66(94)127)76(135)104-41-68(96)129)120-81(140)57(28-33-149-10)112-77(136)54(19-15-30-102-90(97)98)110-83(142)59(35-50-22-24-52(125)25-23-50)117-87(146)72(46(6)12-2)119-79(138)55(20-16-31-103-91(99)100)111-84(143)62(38-67(95)128)115-74(133)47(7)107-82(141)60(36-51-40-101-43-106-51)118-88(147)73(48(8)123)121-80(139)56(26-27-65(93)126)113-85(144)64-21-17-32-122(64)89(148)63(39-70(131)132)108-49(9)124/h22-25,40,43-48,53-64,71-73,123,125H,11-21,26-39,41-42,92H2,1-10H3,(H2,93,126)(H2,94,127)(H2,95,128)(H2,96,129)(H,101,106)(H,104,135)(H,105,134)(H,107,141)(H,108,124)(H,109,130)(H,110,142)(H,111,143)(H,112,136)(H,113,144)(H,114,145)(H,115,133)(H,116,137)(H,117,146)(H,118,147)(H,119,138)(H,120,140)(H,121,139)(H,131,132)(H4,97,98,102)(H4,99,100,103)/t45-,46-,47-,48+,53-,54-,55-,56-,57-,58-,59-,60-,61-,62-,63-,64-,71-,72-,73-/m0/s1. The van der Waals surface area contributed by atoms with Gasteiger partial charge < -0.3 is 166 Å². The fraction of sp³-hybridized carbons (Fsp3) is 0.626. The Morgan fingerprint density at radius 1 is 0.463 bits per heavy atom. The van der Waals surface area contributed by atoms with Crippen molar-refractivity contribution in [1.29, 1.82) is 10.8 Å². The highest BCUT2D eigenvalue weighted by atomic mass is 32.2. The van der Waals surface area contributed by atoms with Crippen LogP contribution in [0.3, 0.4) is 0 Å². The number of amides is 22. The number of nitrogens with zero attached hydrogens (tertiary/aromatic N) is 2. The first kappa shape index (κ1) is 128. The molecule has 1 saturated heterocycles. The van der Waals surface area contributed by atoms with Gasteiger partial charge in [-0.1, -0.05) is 66.5 Å². The van der Waals surface area contributed by atoms with E-state index in [4.69, 9.17) is 51.0 Å². The number of hydrogen-bond donors (Lipinski definition) is 32. The number of nitrogens with two attached hydrogens (primary N) is 7. The molecule has 1 fully saturated rings. The highest BCUT2D eigenvalue weighted by molar-refractivity contribution is 7.98. The summed E-state index contributed by atoms with van der Waals surface area (Å²) in [6.45, 7) is 11.7. The number of aliphatic hydroxyl groups excluding tert-OH is 1. The molecule has 2 heterocycles. The van der Waals surface area contributed by atoms with Gasteiger partial charge in [-0.05, 0) is 145 Å². The number of aliphatic hydroxyl groups is 1. The second-order valence-corrected chi connectivity index (χ2v) is 37.5. The van der Waals surface area contributed by atoms with E-state index in [1.54, 1.807) is 47.8 Å². The monoisotopic (exact) mass is 2120 g/mol. The Balaban J connectivity index is 2.03. The van der Waals surface area contributed by atoms with Crippen LogP contribution < -0.4 is 141 Å². The molecule has 1 aromatic heterocycles. The predicted octanol–water partition coefficient (Wildman–Crippen LogP) is -10.7. The first-order chi connectivity index (χ1) is 70.1. The summed E-state index contributed by atoms with van der Waals surface area (Å²) in [5.41, 5.74) is 39.0. The Morgan fingerprint density at radius 2 is 0.899 bits per heavy atom. The molecule has 1 aromatic carbocycles. The molecule has 19 atom stereocenters. The van der Waals surface area contributed by atoms with Crippen LogP contribution in [0, 0.1) is 28.6 Å². The Bertz CT molecular complexity index is 4920. The Labute approximate surface area is 864 Å². The topological polar surface area (TPSA) is 944 Å². The number of carboxylic acids is 1. The van der Waals surface area contributed by atoms with Crippen molar-refractivity contribution in [2.75, 3.05) is 51.3 Å². The molecule has 0 aliphatic carbocycles. The van der Waals surface area contributed by atoms with Crippen molar-refractivity contribution >= 4 is 160 Å². The van der Waals surface area contributed by atoms with Crippen LogP contribution in [0.2, 0.25) is 0 Å². The lowest BCUT2D eigenvalue weighted by Crippen LogP contribution is -2.62. The van der Waals surface area contributed by atoms with Gasteiger partial charge in [-0.2, -0.15) is 11.8 Å². The van der Waals surface area contributed by atoms with Crippen LogP contribution in [0.15, 0.2) is 36.8 Å². The molecule has 0 unspecified atom stereocenters. The molecule has 2 aromatic rings. The molecule has 3 rings (SSSR count). The molecular formula is C91H149N31O26S. The predicted molar refractivity (Wildman–Crippen MR) is 537 cm³/mol. The zero-order chi connectivity index (χ0) is 112. The number of benzene rings is 1. The summed E-state index contributed by atoms with van der Waals surface area (Å²) in [6, 6.07) is -20.6. The van der Waals surface area contributed by atoms with E-state index in [9.17, 15) is 106 Å². The van der Waals surface area contributed by atoms with Crippen molar-refractivity contribution in [3.8, 4) is 5.75 Å². The smallest absolute Gasteiger partial charge is 0.305 e. The van der Waals surface area contributed by atoms with Crippen LogP contribution in [0.4, 0.5) is 0 Å². The fourth-order valence-corrected chi connectivity index (χ4v) is 15.7. The number of hydrogen-bond acceptors (Lipinski definition) is 30. The van der Waals surface area contributed by atoms with Crippen molar-refractivity contribution in [3.63, 3.8) is 0 Å². The van der Waals surface area contributed by atoms with Crippen molar-refractivity contribution < 1.29 is 126 Å². The maximum Gasteiger partial charge on any atom is 0.305 e. The number of aromatic hydroxyl groups is 1. The van der Waals surface area contributed by atoms with E-state index < -0.39 is 320 Å². The lowest BCUT2D eigenvalue weighted by atomic mass is 9.96. The summed E-state index contributed by atoms with van der Waals surface area (Å²) in [5.74, 6) is -26.7. The van der Waals surface area contributed by atoms with Crippen LogP contribution in [0.25, 0.3) is 0 Å². The van der Waals surface area contributed by atoms with Gasteiger partial charge in [-0.3, -0.25) is 121 Å². The molecule has 1 aliphatic heterocycles. The molecule has 39 N–H and O–H groups in total. The number of rotatable bonds is 70. The van der Waals surface area contributed by atoms with Crippen molar-refractivity contribution in [2.45, 2.75) is 294 Å². The fourth-order valence-electron chi connectivity index (χ4n) is 15.2. The summed E-state index contributed by atoms with van der Waals surface area (Å²) in [5, 5.41) is 93.7. The molecule has 0 saturated carbocycles. The maximum absolute atomic E-state index is 15.2. The third-order valence-electron chi connectivity index (χ3n) is 23.6. The first-order valence-electron chi connectivity index (χ1n) is 48.6. The number of carboxylic acid groups (broad SMARTS) is 1. The van der Waals surface area contributed by atoms with Gasteiger partial charge in [-0.15, -0.1) is 0 Å². The summed E-state index contributed by atoms with van der Waals surface area (Å²) in [6.07, 6.45) is -1.76. The molecular weight excluding hydrogens is 1980 g/mol. The van der Waals surface area contributed by atoms with Gasteiger partial charge >= 0.3 is 5.97 Å². The molecule has 0 bridgehead atoms. The van der Waals surface area contributed by atoms with E-state index in [-0.39, 0.29) is 126 Å². The van der Waals surface area contributed by atoms with Gasteiger partial charge in [0.25, 0.3) is 0 Å². The van der Waals surface area contributed by atoms with Crippen molar-refractivity contribution in [3.05, 3.63) is 48.0 Å². The number of carbonyl (C=O) groups is 23. The number of imidazole rings is 1. The molecule has 57 nitrogen and oxygen atoms in total. The zero-order valence-corrected chi connectivity index (χ0v) is 86.0. The second-order valence-electron chi connectivity index (χ2n) is 36.5. The van der Waals surface area contributed by atoms with Crippen LogP contribution in [-0.2, 0) is 123 Å². The Morgan fingerprint density at radius 3 is 1.36 bits per heavy atom. The number of likely N-dealkylation sites (tertiary alicyclic amines) is 1. The quantitative estimate of drug-likeness (QED) is 0.0166. The highest BCUT2D eigenvalue weighted by Gasteiger charge is 2.44. The molecule has 0 radical (unpaired) electrons. The van der Waals surface area contributed by atoms with Gasteiger partial charge in [0.2, 0.25) is 130 Å². The van der Waals surface area contributed by atoms with E-state index in [2.05, 4.69) is 111 Å². The number of H-pyrrole nitrogens is 1. The molecule has 58 heteroatoms. The minimum Gasteiger partial charge on any atom is -0.508 e. The minimum absolute atomic E-state index is 0.00744. The SMILES string of the molecule is CC[C@H](C)[C@H](NC(=O)[C@H](CCCNC(=N)N)NC(=O)[C@H](CC(N)=O)NC(=O)[C@H](C)NC(=O)[C@H](Cc1cnc[nH]1)NC(=O)[C@@H](NC(=O)[C@H](CCC(N)=O)NC(=O)[C@@H]1CCCN1C(=O)[C@H](CC(=O)O)NC(C)=O)[C@@H](C)O)C(=O)N[C@@H](Cc1ccc(O)cc1)C(=O)N[C@@H](CCCNC(=N)N)C(=O)N[C@@H](CCSC)C(=O)N[C@H](C(=O)N[C@@H](CCCCN)C(=O)N[C@@H](CC(C)C)C(=O)NCC(=O)N[C@@H](CC(N)=O)C(=O)NCC(N)=O)[C@@H](C)CC. The highest BCUT2D eigenvalue weighted by Crippen LogP contribution is 2.23. The molecule has 0 spiro atoms.